The highest BCUT2D eigenvalue weighted by Crippen LogP contribution is 2.32. The summed E-state index contributed by atoms with van der Waals surface area (Å²) in [6.07, 6.45) is -1.72. The predicted octanol–water partition coefficient (Wildman–Crippen LogP) is -0.105. The second-order valence-corrected chi connectivity index (χ2v) is 6.40. The second kappa shape index (κ2) is 7.28. The van der Waals surface area contributed by atoms with Crippen molar-refractivity contribution in [2.45, 2.75) is 31.1 Å². The van der Waals surface area contributed by atoms with Gasteiger partial charge in [0.2, 0.25) is 0 Å². The summed E-state index contributed by atoms with van der Waals surface area (Å²) in [5.74, 6) is -0.364. The van der Waals surface area contributed by atoms with E-state index < -0.39 is 37.0 Å². The molecule has 28 heavy (non-hydrogen) atoms. The van der Waals surface area contributed by atoms with E-state index in [0.717, 1.165) is 6.07 Å². The zero-order valence-corrected chi connectivity index (χ0v) is 14.5. The van der Waals surface area contributed by atoms with Crippen LogP contribution < -0.4 is 5.32 Å². The highest BCUT2D eigenvalue weighted by molar-refractivity contribution is 5.82. The lowest BCUT2D eigenvalue weighted by molar-refractivity contribution is -0.0511. The number of aliphatic hydroxyl groups excluding tert-OH is 3. The Labute approximate surface area is 157 Å². The Morgan fingerprint density at radius 2 is 2.00 bits per heavy atom. The summed E-state index contributed by atoms with van der Waals surface area (Å²) >= 11 is 0. The number of benzene rings is 1. The molecule has 0 bridgehead atoms. The lowest BCUT2D eigenvalue weighted by Gasteiger charge is -2.16. The van der Waals surface area contributed by atoms with Crippen LogP contribution in [-0.2, 0) is 11.3 Å². The normalized spacial score (nSPS) is 24.7. The maximum atomic E-state index is 13.1. The maximum Gasteiger partial charge on any atom is 0.167 e. The fraction of sp³-hybridized carbons (Fsp3) is 0.353. The van der Waals surface area contributed by atoms with Gasteiger partial charge in [-0.1, -0.05) is 6.07 Å². The quantitative estimate of drug-likeness (QED) is 0.402. The molecular formula is C17H18FN5O5. The Balaban J connectivity index is 1.60. The molecule has 0 radical (unpaired) electrons. The monoisotopic (exact) mass is 391 g/mol. The van der Waals surface area contributed by atoms with Gasteiger partial charge in [-0.3, -0.25) is 4.57 Å². The molecule has 0 aliphatic carbocycles. The van der Waals surface area contributed by atoms with Crippen LogP contribution in [0.5, 0.6) is 5.75 Å². The fourth-order valence-corrected chi connectivity index (χ4v) is 3.14. The summed E-state index contributed by atoms with van der Waals surface area (Å²) in [4.78, 5) is 12.5. The van der Waals surface area contributed by atoms with Crippen LogP contribution in [0.1, 0.15) is 11.8 Å². The van der Waals surface area contributed by atoms with E-state index in [1.165, 1.54) is 29.4 Å². The summed E-state index contributed by atoms with van der Waals surface area (Å²) in [5.41, 5.74) is 1.19. The minimum Gasteiger partial charge on any atom is -0.507 e. The summed E-state index contributed by atoms with van der Waals surface area (Å²) in [6.45, 7) is -0.275. The van der Waals surface area contributed by atoms with Crippen LogP contribution in [0.2, 0.25) is 0 Å². The standard InChI is InChI=1S/C17H18FN5O5/c18-9-2-1-8(10(25)3-9)4-19-15-12-16(21-6-20-15)23(7-22-12)17-14(27)13(26)11(5-24)28-17/h1-3,6-7,11,13-14,17,24-27H,4-5H2,(H,19,20,21)/t11-,13-,14-,17-/m1/s1. The van der Waals surface area contributed by atoms with Crippen molar-refractivity contribution in [1.29, 1.82) is 0 Å². The van der Waals surface area contributed by atoms with Crippen LogP contribution in [0.3, 0.4) is 0 Å². The third-order valence-electron chi connectivity index (χ3n) is 4.64. The van der Waals surface area contributed by atoms with Gasteiger partial charge in [0.1, 0.15) is 36.2 Å². The van der Waals surface area contributed by atoms with Crippen molar-refractivity contribution < 1.29 is 29.6 Å². The molecule has 2 aromatic heterocycles. The zero-order chi connectivity index (χ0) is 19.8. The van der Waals surface area contributed by atoms with Gasteiger partial charge in [0.05, 0.1) is 12.9 Å². The van der Waals surface area contributed by atoms with Crippen molar-refractivity contribution >= 4 is 17.0 Å². The van der Waals surface area contributed by atoms with Crippen molar-refractivity contribution in [3.8, 4) is 5.75 Å². The fourth-order valence-electron chi connectivity index (χ4n) is 3.14. The molecular weight excluding hydrogens is 373 g/mol. The first-order chi connectivity index (χ1) is 13.5. The Kier molecular flexibility index (Phi) is 4.81. The molecule has 0 saturated carbocycles. The minimum absolute atomic E-state index is 0.166. The van der Waals surface area contributed by atoms with Gasteiger partial charge in [-0.05, 0) is 6.07 Å². The molecule has 1 aromatic carbocycles. The van der Waals surface area contributed by atoms with Crippen LogP contribution in [0, 0.1) is 5.82 Å². The van der Waals surface area contributed by atoms with Gasteiger partial charge < -0.3 is 30.5 Å². The van der Waals surface area contributed by atoms with Crippen LogP contribution in [-0.4, -0.2) is 64.9 Å². The van der Waals surface area contributed by atoms with E-state index >= 15 is 0 Å². The SMILES string of the molecule is OC[C@H]1O[C@@H](n2cnc3c(NCc4ccc(F)cc4O)ncnc32)[C@H](O)[C@@H]1O. The molecule has 0 spiro atoms. The van der Waals surface area contributed by atoms with Crippen LogP contribution in [0.15, 0.2) is 30.9 Å². The highest BCUT2D eigenvalue weighted by Gasteiger charge is 2.44. The van der Waals surface area contributed by atoms with Crippen molar-refractivity contribution in [3.05, 3.63) is 42.2 Å². The molecule has 10 nitrogen and oxygen atoms in total. The van der Waals surface area contributed by atoms with Gasteiger partial charge in [0.25, 0.3) is 0 Å². The van der Waals surface area contributed by atoms with Gasteiger partial charge in [0, 0.05) is 18.2 Å². The van der Waals surface area contributed by atoms with Gasteiger partial charge in [-0.2, -0.15) is 0 Å². The molecule has 1 aliphatic rings. The number of hydrogen-bond acceptors (Lipinski definition) is 9. The molecule has 3 heterocycles. The molecule has 3 aromatic rings. The van der Waals surface area contributed by atoms with Crippen molar-refractivity contribution in [3.63, 3.8) is 0 Å². The minimum atomic E-state index is -1.27. The lowest BCUT2D eigenvalue weighted by atomic mass is 10.1. The Bertz CT molecular complexity index is 999. The number of phenols is 1. The van der Waals surface area contributed by atoms with Crippen LogP contribution in [0.4, 0.5) is 10.2 Å². The van der Waals surface area contributed by atoms with E-state index in [2.05, 4.69) is 20.3 Å². The molecule has 1 fully saturated rings. The molecule has 1 saturated heterocycles. The number of hydrogen-bond donors (Lipinski definition) is 5. The molecule has 4 atom stereocenters. The number of nitrogens with one attached hydrogen (secondary N) is 1. The third-order valence-corrected chi connectivity index (χ3v) is 4.64. The molecule has 11 heteroatoms. The number of ether oxygens (including phenoxy) is 1. The van der Waals surface area contributed by atoms with E-state index in [1.54, 1.807) is 0 Å². The van der Waals surface area contributed by atoms with E-state index in [9.17, 15) is 24.8 Å². The lowest BCUT2D eigenvalue weighted by Crippen LogP contribution is -2.33. The number of nitrogens with zero attached hydrogens (tertiary/aromatic N) is 4. The van der Waals surface area contributed by atoms with Crippen LogP contribution in [0.25, 0.3) is 11.2 Å². The highest BCUT2D eigenvalue weighted by atomic mass is 19.1. The van der Waals surface area contributed by atoms with Gasteiger partial charge in [0.15, 0.2) is 23.2 Å². The Morgan fingerprint density at radius 3 is 2.71 bits per heavy atom. The van der Waals surface area contributed by atoms with Gasteiger partial charge in [-0.15, -0.1) is 0 Å². The summed E-state index contributed by atoms with van der Waals surface area (Å²) < 4.78 is 20.1. The van der Waals surface area contributed by atoms with Gasteiger partial charge >= 0.3 is 0 Å². The van der Waals surface area contributed by atoms with Crippen molar-refractivity contribution in [2.75, 3.05) is 11.9 Å². The summed E-state index contributed by atoms with van der Waals surface area (Å²) in [7, 11) is 0. The molecule has 0 amide bonds. The number of aliphatic hydroxyl groups is 3. The molecule has 4 rings (SSSR count). The van der Waals surface area contributed by atoms with E-state index in [4.69, 9.17) is 4.74 Å². The Morgan fingerprint density at radius 1 is 1.18 bits per heavy atom. The van der Waals surface area contributed by atoms with E-state index in [0.29, 0.717) is 22.5 Å². The van der Waals surface area contributed by atoms with E-state index in [1.807, 2.05) is 0 Å². The number of halogens is 1. The maximum absolute atomic E-state index is 13.1. The molecule has 0 unspecified atom stereocenters. The van der Waals surface area contributed by atoms with Gasteiger partial charge in [-0.25, -0.2) is 19.3 Å². The third kappa shape index (κ3) is 3.14. The number of phenolic OH excluding ortho intramolecular Hbond substituents is 1. The summed E-state index contributed by atoms with van der Waals surface area (Å²) in [6, 6.07) is 3.71. The number of aromatic hydroxyl groups is 1. The largest absolute Gasteiger partial charge is 0.507 e. The van der Waals surface area contributed by atoms with Crippen molar-refractivity contribution in [2.24, 2.45) is 0 Å². The van der Waals surface area contributed by atoms with Crippen molar-refractivity contribution in [1.82, 2.24) is 19.5 Å². The number of aromatic nitrogens is 4. The van der Waals surface area contributed by atoms with Crippen LogP contribution >= 0.6 is 0 Å². The molecule has 148 valence electrons. The average molecular weight is 391 g/mol. The number of anilines is 1. The Hall–Kier alpha value is -2.86. The molecule has 1 aliphatic heterocycles. The number of fused-ring (bicyclic) bond motifs is 1. The second-order valence-electron chi connectivity index (χ2n) is 6.40. The first kappa shape index (κ1) is 18.5. The first-order valence-corrected chi connectivity index (χ1v) is 8.51. The first-order valence-electron chi connectivity index (χ1n) is 8.51. The summed E-state index contributed by atoms with van der Waals surface area (Å²) in [5, 5.41) is 42.2. The number of rotatable bonds is 5. The topological polar surface area (TPSA) is 146 Å². The van der Waals surface area contributed by atoms with E-state index in [-0.39, 0.29) is 12.3 Å². The molecule has 5 N–H and O–H groups in total. The number of imidazole rings is 1. The average Bonchev–Trinajstić information content (AvgIpc) is 3.23. The smallest absolute Gasteiger partial charge is 0.167 e. The predicted molar refractivity (Wildman–Crippen MR) is 93.7 cm³/mol. The zero-order valence-electron chi connectivity index (χ0n) is 14.5.